The van der Waals surface area contributed by atoms with E-state index in [0.717, 1.165) is 34.1 Å². The van der Waals surface area contributed by atoms with Gasteiger partial charge in [-0.3, -0.25) is 9.69 Å². The molecule has 0 amide bonds. The van der Waals surface area contributed by atoms with Crippen molar-refractivity contribution in [3.63, 3.8) is 0 Å². The zero-order valence-electron chi connectivity index (χ0n) is 18.7. The molecule has 3 aromatic rings. The fourth-order valence-electron chi connectivity index (χ4n) is 6.12. The molecule has 3 nitrogen and oxygen atoms in total. The molecule has 168 valence electrons. The summed E-state index contributed by atoms with van der Waals surface area (Å²) >= 11 is 3.61. The number of aliphatic carboxylic acids is 1. The maximum absolute atomic E-state index is 13.3. The lowest BCUT2D eigenvalue weighted by molar-refractivity contribution is -0.151. The standard InChI is InChI=1S/C29H28BrNO2/c1-20-27-25(23-13-8-14-24(30)17-23)15-16-26(22-11-6-3-7-12-22)29(27,28(32)33)19-31(20)18-21-9-4-2-5-10-21/h2-15,17,20,26-27H,16,18-19H2,1H3,(H,32,33). The number of nitrogens with zero attached hydrogens (tertiary/aromatic N) is 1. The number of hydrogen-bond acceptors (Lipinski definition) is 2. The molecule has 4 atom stereocenters. The second-order valence-electron chi connectivity index (χ2n) is 9.32. The molecular weight excluding hydrogens is 474 g/mol. The van der Waals surface area contributed by atoms with Crippen LogP contribution in [0, 0.1) is 11.3 Å². The fourth-order valence-corrected chi connectivity index (χ4v) is 6.52. The van der Waals surface area contributed by atoms with Crippen molar-refractivity contribution in [2.45, 2.75) is 31.8 Å². The third kappa shape index (κ3) is 3.85. The molecular formula is C29H28BrNO2. The van der Waals surface area contributed by atoms with E-state index in [0.29, 0.717) is 6.54 Å². The van der Waals surface area contributed by atoms with Gasteiger partial charge in [-0.2, -0.15) is 0 Å². The molecule has 0 radical (unpaired) electrons. The number of carboxylic acid groups (broad SMARTS) is 1. The van der Waals surface area contributed by atoms with Gasteiger partial charge in [0.2, 0.25) is 0 Å². The molecule has 4 unspecified atom stereocenters. The van der Waals surface area contributed by atoms with Crippen molar-refractivity contribution in [1.29, 1.82) is 0 Å². The van der Waals surface area contributed by atoms with Crippen molar-refractivity contribution in [3.05, 3.63) is 112 Å². The summed E-state index contributed by atoms with van der Waals surface area (Å²) in [6, 6.07) is 29.0. The third-order valence-electron chi connectivity index (χ3n) is 7.59. The Morgan fingerprint density at radius 2 is 1.73 bits per heavy atom. The van der Waals surface area contributed by atoms with Crippen LogP contribution in [0.25, 0.3) is 5.57 Å². The molecule has 0 spiro atoms. The SMILES string of the molecule is CC1C2C(c3cccc(Br)c3)=CCC(c3ccccc3)C2(C(=O)O)CN1Cc1ccccc1. The summed E-state index contributed by atoms with van der Waals surface area (Å²) in [6.07, 6.45) is 3.02. The van der Waals surface area contributed by atoms with Crippen LogP contribution in [0.1, 0.15) is 36.0 Å². The average molecular weight is 502 g/mol. The molecule has 1 saturated heterocycles. The Bertz CT molecular complexity index is 1180. The summed E-state index contributed by atoms with van der Waals surface area (Å²) in [5.74, 6) is -0.864. The number of hydrogen-bond donors (Lipinski definition) is 1. The maximum atomic E-state index is 13.3. The summed E-state index contributed by atoms with van der Waals surface area (Å²) in [5.41, 5.74) is 3.71. The summed E-state index contributed by atoms with van der Waals surface area (Å²) in [7, 11) is 0. The van der Waals surface area contributed by atoms with Crippen molar-refractivity contribution in [2.75, 3.05) is 6.54 Å². The quantitative estimate of drug-likeness (QED) is 0.427. The molecule has 0 aromatic heterocycles. The number of carboxylic acids is 1. The van der Waals surface area contributed by atoms with Gasteiger partial charge in [0.05, 0.1) is 5.41 Å². The van der Waals surface area contributed by atoms with Crippen LogP contribution < -0.4 is 0 Å². The van der Waals surface area contributed by atoms with Crippen LogP contribution in [0.5, 0.6) is 0 Å². The second kappa shape index (κ2) is 8.92. The van der Waals surface area contributed by atoms with E-state index in [1.165, 1.54) is 5.56 Å². The van der Waals surface area contributed by atoms with Gasteiger partial charge in [0.1, 0.15) is 0 Å². The number of halogens is 1. The Morgan fingerprint density at radius 3 is 2.39 bits per heavy atom. The van der Waals surface area contributed by atoms with Crippen LogP contribution in [0.4, 0.5) is 0 Å². The molecule has 1 N–H and O–H groups in total. The summed E-state index contributed by atoms with van der Waals surface area (Å²) in [4.78, 5) is 15.6. The van der Waals surface area contributed by atoms with Gasteiger partial charge >= 0.3 is 5.97 Å². The van der Waals surface area contributed by atoms with Crippen molar-refractivity contribution in [2.24, 2.45) is 11.3 Å². The molecule has 0 saturated carbocycles. The zero-order chi connectivity index (χ0) is 23.0. The van der Waals surface area contributed by atoms with E-state index in [1.807, 2.05) is 36.4 Å². The minimum Gasteiger partial charge on any atom is -0.481 e. The molecule has 33 heavy (non-hydrogen) atoms. The smallest absolute Gasteiger partial charge is 0.312 e. The number of benzene rings is 3. The molecule has 2 aliphatic rings. The predicted molar refractivity (Wildman–Crippen MR) is 136 cm³/mol. The van der Waals surface area contributed by atoms with Crippen molar-refractivity contribution >= 4 is 27.5 Å². The minimum atomic E-state index is -0.887. The van der Waals surface area contributed by atoms with Gasteiger partial charge in [0, 0.05) is 35.4 Å². The molecule has 3 aromatic carbocycles. The molecule has 0 bridgehead atoms. The van der Waals surface area contributed by atoms with E-state index >= 15 is 0 Å². The van der Waals surface area contributed by atoms with Crippen LogP contribution >= 0.6 is 15.9 Å². The summed E-state index contributed by atoms with van der Waals surface area (Å²) in [5, 5.41) is 10.9. The Hall–Kier alpha value is -2.69. The van der Waals surface area contributed by atoms with Crippen molar-refractivity contribution in [3.8, 4) is 0 Å². The van der Waals surface area contributed by atoms with Crippen LogP contribution in [0.2, 0.25) is 0 Å². The van der Waals surface area contributed by atoms with E-state index in [2.05, 4.69) is 82.4 Å². The average Bonchev–Trinajstić information content (AvgIpc) is 3.13. The number of likely N-dealkylation sites (tertiary alicyclic amines) is 1. The minimum absolute atomic E-state index is 0.0691. The third-order valence-corrected chi connectivity index (χ3v) is 8.09. The van der Waals surface area contributed by atoms with Gasteiger partial charge in [0.15, 0.2) is 0 Å². The number of carbonyl (C=O) groups is 1. The highest BCUT2D eigenvalue weighted by Gasteiger charge is 2.62. The monoisotopic (exact) mass is 501 g/mol. The Balaban J connectivity index is 1.65. The predicted octanol–water partition coefficient (Wildman–Crippen LogP) is 6.61. The van der Waals surface area contributed by atoms with E-state index in [1.54, 1.807) is 0 Å². The van der Waals surface area contributed by atoms with Gasteiger partial charge in [-0.25, -0.2) is 0 Å². The van der Waals surface area contributed by atoms with E-state index in [4.69, 9.17) is 0 Å². The molecule has 1 fully saturated rings. The molecule has 4 heteroatoms. The van der Waals surface area contributed by atoms with Gasteiger partial charge in [-0.05, 0) is 47.7 Å². The first-order valence-corrected chi connectivity index (χ1v) is 12.3. The van der Waals surface area contributed by atoms with E-state index < -0.39 is 11.4 Å². The number of fused-ring (bicyclic) bond motifs is 1. The first-order valence-electron chi connectivity index (χ1n) is 11.5. The first-order chi connectivity index (χ1) is 16.0. The van der Waals surface area contributed by atoms with E-state index in [-0.39, 0.29) is 17.9 Å². The number of allylic oxidation sites excluding steroid dienone is 1. The Kier molecular flexibility index (Phi) is 5.98. The summed E-state index contributed by atoms with van der Waals surface area (Å²) in [6.45, 7) is 3.49. The fraction of sp³-hybridized carbons (Fsp3) is 0.276. The van der Waals surface area contributed by atoms with Crippen molar-refractivity contribution in [1.82, 2.24) is 4.90 Å². The molecule has 5 rings (SSSR count). The molecule has 1 aliphatic carbocycles. The van der Waals surface area contributed by atoms with Gasteiger partial charge in [0.25, 0.3) is 0 Å². The summed E-state index contributed by atoms with van der Waals surface area (Å²) < 4.78 is 1.01. The first kappa shape index (κ1) is 22.1. The van der Waals surface area contributed by atoms with Gasteiger partial charge < -0.3 is 5.11 Å². The zero-order valence-corrected chi connectivity index (χ0v) is 20.3. The Labute approximate surface area is 203 Å². The van der Waals surface area contributed by atoms with Crippen LogP contribution in [0.15, 0.2) is 95.5 Å². The van der Waals surface area contributed by atoms with Crippen molar-refractivity contribution < 1.29 is 9.90 Å². The Morgan fingerprint density at radius 1 is 1.03 bits per heavy atom. The van der Waals surface area contributed by atoms with Gasteiger partial charge in [-0.15, -0.1) is 0 Å². The second-order valence-corrected chi connectivity index (χ2v) is 10.2. The highest BCUT2D eigenvalue weighted by Crippen LogP contribution is 2.59. The lowest BCUT2D eigenvalue weighted by Crippen LogP contribution is -2.47. The largest absolute Gasteiger partial charge is 0.481 e. The molecule has 1 aliphatic heterocycles. The lowest BCUT2D eigenvalue weighted by atomic mass is 9.57. The highest BCUT2D eigenvalue weighted by molar-refractivity contribution is 9.10. The lowest BCUT2D eigenvalue weighted by Gasteiger charge is -2.43. The number of rotatable bonds is 5. The topological polar surface area (TPSA) is 40.5 Å². The van der Waals surface area contributed by atoms with E-state index in [9.17, 15) is 9.90 Å². The van der Waals surface area contributed by atoms with Gasteiger partial charge in [-0.1, -0.05) is 94.8 Å². The normalized spacial score (nSPS) is 27.1. The van der Waals surface area contributed by atoms with Crippen LogP contribution in [-0.4, -0.2) is 28.6 Å². The van der Waals surface area contributed by atoms with Crippen LogP contribution in [-0.2, 0) is 11.3 Å². The molecule has 1 heterocycles. The maximum Gasteiger partial charge on any atom is 0.312 e. The highest BCUT2D eigenvalue weighted by atomic mass is 79.9. The van der Waals surface area contributed by atoms with Crippen LogP contribution in [0.3, 0.4) is 0 Å².